The second-order valence-corrected chi connectivity index (χ2v) is 6.74. The number of hydrogen-bond acceptors (Lipinski definition) is 6. The van der Waals surface area contributed by atoms with Crippen LogP contribution in [0.3, 0.4) is 0 Å². The zero-order valence-electron chi connectivity index (χ0n) is 16.7. The molecule has 0 saturated heterocycles. The van der Waals surface area contributed by atoms with E-state index in [1.807, 2.05) is 12.1 Å². The number of amides is 2. The van der Waals surface area contributed by atoms with Gasteiger partial charge in [-0.05, 0) is 11.1 Å². The maximum Gasteiger partial charge on any atom is 0.330 e. The first-order valence-electron chi connectivity index (χ1n) is 9.50. The third-order valence-electron chi connectivity index (χ3n) is 4.43. The van der Waals surface area contributed by atoms with Crippen molar-refractivity contribution in [2.75, 3.05) is 13.7 Å². The normalized spacial score (nSPS) is 13.6. The van der Waals surface area contributed by atoms with Crippen molar-refractivity contribution in [1.82, 2.24) is 10.6 Å². The van der Waals surface area contributed by atoms with Gasteiger partial charge in [0.25, 0.3) is 0 Å². The Hall–Kier alpha value is -3.23. The van der Waals surface area contributed by atoms with Crippen molar-refractivity contribution in [3.63, 3.8) is 0 Å². The molecule has 8 nitrogen and oxygen atoms in total. The molecule has 0 saturated carbocycles. The van der Waals surface area contributed by atoms with Crippen molar-refractivity contribution >= 4 is 17.8 Å². The van der Waals surface area contributed by atoms with Gasteiger partial charge in [-0.1, -0.05) is 60.7 Å². The van der Waals surface area contributed by atoms with E-state index >= 15 is 0 Å². The molecule has 0 fully saturated rings. The molecule has 3 unspecified atom stereocenters. The zero-order chi connectivity index (χ0) is 21.9. The van der Waals surface area contributed by atoms with Crippen LogP contribution in [-0.4, -0.2) is 59.9 Å². The van der Waals surface area contributed by atoms with Gasteiger partial charge >= 0.3 is 5.97 Å². The molecule has 3 atom stereocenters. The molecule has 2 amide bonds. The Kier molecular flexibility index (Phi) is 8.99. The lowest BCUT2D eigenvalue weighted by Gasteiger charge is -2.20. The third-order valence-corrected chi connectivity index (χ3v) is 4.43. The minimum Gasteiger partial charge on any atom is -0.467 e. The fraction of sp³-hybridized carbons (Fsp3) is 0.318. The molecule has 8 heteroatoms. The summed E-state index contributed by atoms with van der Waals surface area (Å²) >= 11 is 0. The van der Waals surface area contributed by atoms with Gasteiger partial charge in [0, 0.05) is 19.4 Å². The predicted octanol–water partition coefficient (Wildman–Crippen LogP) is -0.0324. The van der Waals surface area contributed by atoms with Gasteiger partial charge in [0.2, 0.25) is 11.8 Å². The highest BCUT2D eigenvalue weighted by molar-refractivity contribution is 5.88. The molecule has 4 N–H and O–H groups in total. The number of hydrogen-bond donors (Lipinski definition) is 4. The molecule has 0 aliphatic rings. The van der Waals surface area contributed by atoms with Crippen LogP contribution in [0.5, 0.6) is 0 Å². The van der Waals surface area contributed by atoms with E-state index in [0.717, 1.165) is 18.2 Å². The minimum absolute atomic E-state index is 0.0721. The van der Waals surface area contributed by atoms with Gasteiger partial charge in [-0.15, -0.1) is 0 Å². The number of aliphatic hydroxyl groups is 2. The molecular formula is C22H26N2O6. The predicted molar refractivity (Wildman–Crippen MR) is 109 cm³/mol. The van der Waals surface area contributed by atoms with Gasteiger partial charge < -0.3 is 25.6 Å². The molecule has 2 aromatic rings. The van der Waals surface area contributed by atoms with Crippen molar-refractivity contribution in [3.8, 4) is 0 Å². The Balaban J connectivity index is 1.89. The van der Waals surface area contributed by atoms with Crippen LogP contribution in [0.4, 0.5) is 0 Å². The standard InChI is InChI=1S/C22H26N2O6/c1-30-22(29)17(24-21(28)19(26)13-16-10-6-3-7-11-16)14-23-20(27)18(25)12-15-8-4-2-5-9-15/h2-11,17-19,25-26H,12-14H2,1H3,(H,23,27)(H,24,28). The highest BCUT2D eigenvalue weighted by Crippen LogP contribution is 2.05. The van der Waals surface area contributed by atoms with Gasteiger partial charge in [0.1, 0.15) is 18.2 Å². The number of rotatable bonds is 10. The fourth-order valence-electron chi connectivity index (χ4n) is 2.78. The number of carbonyl (C=O) groups excluding carboxylic acids is 3. The van der Waals surface area contributed by atoms with Crippen LogP contribution >= 0.6 is 0 Å². The molecule has 0 aliphatic heterocycles. The second kappa shape index (κ2) is 11.7. The summed E-state index contributed by atoms with van der Waals surface area (Å²) in [6.07, 6.45) is -2.51. The molecule has 2 aromatic carbocycles. The van der Waals surface area contributed by atoms with Crippen LogP contribution < -0.4 is 10.6 Å². The monoisotopic (exact) mass is 414 g/mol. The lowest BCUT2D eigenvalue weighted by molar-refractivity contribution is -0.146. The van der Waals surface area contributed by atoms with Gasteiger partial charge in [-0.3, -0.25) is 9.59 Å². The van der Waals surface area contributed by atoms with E-state index in [-0.39, 0.29) is 19.4 Å². The first-order valence-corrected chi connectivity index (χ1v) is 9.50. The number of esters is 1. The van der Waals surface area contributed by atoms with Crippen LogP contribution in [0.2, 0.25) is 0 Å². The number of benzene rings is 2. The molecule has 0 spiro atoms. The summed E-state index contributed by atoms with van der Waals surface area (Å²) < 4.78 is 4.65. The average molecular weight is 414 g/mol. The highest BCUT2D eigenvalue weighted by Gasteiger charge is 2.26. The summed E-state index contributed by atoms with van der Waals surface area (Å²) in [6.45, 7) is -0.291. The molecule has 2 rings (SSSR count). The van der Waals surface area contributed by atoms with Crippen molar-refractivity contribution in [3.05, 3.63) is 71.8 Å². The van der Waals surface area contributed by atoms with Crippen molar-refractivity contribution < 1.29 is 29.3 Å². The molecular weight excluding hydrogens is 388 g/mol. The second-order valence-electron chi connectivity index (χ2n) is 6.74. The molecule has 0 heterocycles. The van der Waals surface area contributed by atoms with Crippen LogP contribution in [0.25, 0.3) is 0 Å². The number of nitrogens with one attached hydrogen (secondary N) is 2. The molecule has 0 radical (unpaired) electrons. The Morgan fingerprint density at radius 2 is 1.30 bits per heavy atom. The van der Waals surface area contributed by atoms with Gasteiger partial charge in [0.05, 0.1) is 7.11 Å². The van der Waals surface area contributed by atoms with Crippen LogP contribution in [0.1, 0.15) is 11.1 Å². The average Bonchev–Trinajstić information content (AvgIpc) is 2.76. The smallest absolute Gasteiger partial charge is 0.330 e. The minimum atomic E-state index is -1.38. The van der Waals surface area contributed by atoms with E-state index in [1.165, 1.54) is 0 Å². The lowest BCUT2D eigenvalue weighted by atomic mass is 10.1. The van der Waals surface area contributed by atoms with Gasteiger partial charge in [0.15, 0.2) is 0 Å². The van der Waals surface area contributed by atoms with Gasteiger partial charge in [-0.2, -0.15) is 0 Å². The summed E-state index contributed by atoms with van der Waals surface area (Å²) in [6, 6.07) is 16.7. The number of aliphatic hydroxyl groups excluding tert-OH is 2. The first kappa shape index (κ1) is 23.1. The van der Waals surface area contributed by atoms with Crippen LogP contribution in [-0.2, 0) is 32.0 Å². The van der Waals surface area contributed by atoms with E-state index in [1.54, 1.807) is 48.5 Å². The maximum absolute atomic E-state index is 12.3. The Morgan fingerprint density at radius 1 is 0.833 bits per heavy atom. The van der Waals surface area contributed by atoms with Gasteiger partial charge in [-0.25, -0.2) is 4.79 Å². The lowest BCUT2D eigenvalue weighted by Crippen LogP contribution is -2.53. The highest BCUT2D eigenvalue weighted by atomic mass is 16.5. The summed E-state index contributed by atoms with van der Waals surface area (Å²) in [5.74, 6) is -2.24. The molecule has 160 valence electrons. The van der Waals surface area contributed by atoms with E-state index < -0.39 is 36.0 Å². The van der Waals surface area contributed by atoms with E-state index in [2.05, 4.69) is 15.4 Å². The van der Waals surface area contributed by atoms with E-state index in [4.69, 9.17) is 0 Å². The molecule has 0 aliphatic carbocycles. The Bertz CT molecular complexity index is 828. The summed E-state index contributed by atoms with van der Waals surface area (Å²) in [7, 11) is 1.15. The molecule has 0 aromatic heterocycles. The Labute approximate surface area is 174 Å². The Morgan fingerprint density at radius 3 is 1.77 bits per heavy atom. The van der Waals surface area contributed by atoms with E-state index in [9.17, 15) is 24.6 Å². The quantitative estimate of drug-likeness (QED) is 0.405. The van der Waals surface area contributed by atoms with Crippen molar-refractivity contribution in [2.45, 2.75) is 31.1 Å². The fourth-order valence-corrected chi connectivity index (χ4v) is 2.78. The topological polar surface area (TPSA) is 125 Å². The molecule has 30 heavy (non-hydrogen) atoms. The van der Waals surface area contributed by atoms with Crippen molar-refractivity contribution in [1.29, 1.82) is 0 Å². The number of ether oxygens (including phenoxy) is 1. The van der Waals surface area contributed by atoms with E-state index in [0.29, 0.717) is 0 Å². The first-order chi connectivity index (χ1) is 14.4. The summed E-state index contributed by atoms with van der Waals surface area (Å²) in [5, 5.41) is 25.0. The number of carbonyl (C=O) groups is 3. The summed E-state index contributed by atoms with van der Waals surface area (Å²) in [5.41, 5.74) is 1.54. The van der Waals surface area contributed by atoms with Crippen LogP contribution in [0.15, 0.2) is 60.7 Å². The number of methoxy groups -OCH3 is 1. The van der Waals surface area contributed by atoms with Crippen LogP contribution in [0, 0.1) is 0 Å². The van der Waals surface area contributed by atoms with Crippen molar-refractivity contribution in [2.24, 2.45) is 0 Å². The zero-order valence-corrected chi connectivity index (χ0v) is 16.7. The SMILES string of the molecule is COC(=O)C(CNC(=O)C(O)Cc1ccccc1)NC(=O)C(O)Cc1ccccc1. The molecule has 0 bridgehead atoms. The maximum atomic E-state index is 12.3. The third kappa shape index (κ3) is 7.31. The largest absolute Gasteiger partial charge is 0.467 e. The summed E-state index contributed by atoms with van der Waals surface area (Å²) in [4.78, 5) is 36.4.